The van der Waals surface area contributed by atoms with Gasteiger partial charge in [0, 0.05) is 28.9 Å². The highest BCUT2D eigenvalue weighted by atomic mass is 14.7. The Morgan fingerprint density at radius 3 is 2.95 bits per heavy atom. The molecule has 106 valence electrons. The fourth-order valence-electron chi connectivity index (χ4n) is 3.72. The zero-order chi connectivity index (χ0) is 14.4. The highest BCUT2D eigenvalue weighted by Gasteiger charge is 2.21. The van der Waals surface area contributed by atoms with E-state index in [1.165, 1.54) is 46.4 Å². The van der Waals surface area contributed by atoms with Gasteiger partial charge in [-0.3, -0.25) is 4.98 Å². The Kier molecular flexibility index (Phi) is 2.85. The van der Waals surface area contributed by atoms with Gasteiger partial charge in [0.1, 0.15) is 0 Å². The minimum atomic E-state index is 0.487. The van der Waals surface area contributed by atoms with Crippen molar-refractivity contribution in [1.29, 1.82) is 0 Å². The summed E-state index contributed by atoms with van der Waals surface area (Å²) in [7, 11) is 0. The molecule has 1 aromatic heterocycles. The van der Waals surface area contributed by atoms with Crippen molar-refractivity contribution in [3.05, 3.63) is 52.9 Å². The predicted molar refractivity (Wildman–Crippen MR) is 88.2 cm³/mol. The number of nitrogens with zero attached hydrogens (tertiary/aromatic N) is 1. The number of pyridine rings is 1. The number of benzene rings is 1. The highest BCUT2D eigenvalue weighted by molar-refractivity contribution is 5.86. The van der Waals surface area contributed by atoms with Gasteiger partial charge in [0.15, 0.2) is 0 Å². The van der Waals surface area contributed by atoms with Gasteiger partial charge in [-0.2, -0.15) is 0 Å². The normalized spacial score (nSPS) is 19.4. The standard InChI is InChI=1S/C19H20N2/c1-12-4-2-7-17-15(10-11-21-19(12)17)16-9-8-13-5-3-6-14(13)18(16)20/h2,7-12H,3-6,20H2,1H3. The second kappa shape index (κ2) is 4.73. The van der Waals surface area contributed by atoms with Crippen molar-refractivity contribution in [3.8, 4) is 11.1 Å². The molecule has 0 aliphatic heterocycles. The van der Waals surface area contributed by atoms with E-state index >= 15 is 0 Å². The summed E-state index contributed by atoms with van der Waals surface area (Å²) in [5.74, 6) is 0.487. The first-order chi connectivity index (χ1) is 10.3. The first-order valence-electron chi connectivity index (χ1n) is 7.81. The van der Waals surface area contributed by atoms with E-state index < -0.39 is 0 Å². The number of aryl methyl sites for hydroxylation is 1. The number of allylic oxidation sites excluding steroid dienone is 1. The van der Waals surface area contributed by atoms with Crippen molar-refractivity contribution in [1.82, 2.24) is 4.98 Å². The summed E-state index contributed by atoms with van der Waals surface area (Å²) in [4.78, 5) is 4.60. The quantitative estimate of drug-likeness (QED) is 0.787. The third-order valence-corrected chi connectivity index (χ3v) is 4.88. The van der Waals surface area contributed by atoms with E-state index in [2.05, 4.69) is 42.3 Å². The largest absolute Gasteiger partial charge is 0.398 e. The average Bonchev–Trinajstić information content (AvgIpc) is 2.97. The molecule has 0 bridgehead atoms. The lowest BCUT2D eigenvalue weighted by Crippen LogP contribution is -2.05. The molecule has 2 aliphatic rings. The van der Waals surface area contributed by atoms with Crippen LogP contribution in [-0.2, 0) is 12.8 Å². The summed E-state index contributed by atoms with van der Waals surface area (Å²) < 4.78 is 0. The number of nitrogens with two attached hydrogens (primary N) is 1. The van der Waals surface area contributed by atoms with Gasteiger partial charge in [-0.25, -0.2) is 0 Å². The molecule has 0 amide bonds. The number of rotatable bonds is 1. The summed E-state index contributed by atoms with van der Waals surface area (Å²) in [5.41, 5.74) is 15.1. The fourth-order valence-corrected chi connectivity index (χ4v) is 3.72. The van der Waals surface area contributed by atoms with E-state index in [0.717, 1.165) is 18.5 Å². The predicted octanol–water partition coefficient (Wildman–Crippen LogP) is 4.34. The fraction of sp³-hybridized carbons (Fsp3) is 0.316. The summed E-state index contributed by atoms with van der Waals surface area (Å²) in [6, 6.07) is 6.56. The molecule has 0 radical (unpaired) electrons. The average molecular weight is 276 g/mol. The molecule has 0 saturated carbocycles. The Bertz CT molecular complexity index is 743. The maximum atomic E-state index is 6.49. The Balaban J connectivity index is 1.93. The van der Waals surface area contributed by atoms with E-state index in [-0.39, 0.29) is 0 Å². The van der Waals surface area contributed by atoms with E-state index in [1.54, 1.807) is 0 Å². The molecule has 2 nitrogen and oxygen atoms in total. The summed E-state index contributed by atoms with van der Waals surface area (Å²) >= 11 is 0. The number of aromatic nitrogens is 1. The molecular weight excluding hydrogens is 256 g/mol. The lowest BCUT2D eigenvalue weighted by molar-refractivity contribution is 0.740. The molecule has 0 fully saturated rings. The Hall–Kier alpha value is -2.09. The topological polar surface area (TPSA) is 38.9 Å². The Morgan fingerprint density at radius 2 is 2.05 bits per heavy atom. The SMILES string of the molecule is CC1CC=Cc2c(-c3ccc4c(c3N)CCC4)ccnc21. The summed E-state index contributed by atoms with van der Waals surface area (Å²) in [6.45, 7) is 2.24. The number of hydrogen-bond donors (Lipinski definition) is 1. The van der Waals surface area contributed by atoms with Crippen LogP contribution in [-0.4, -0.2) is 4.98 Å². The molecule has 1 atom stereocenters. The van der Waals surface area contributed by atoms with Gasteiger partial charge in [-0.15, -0.1) is 0 Å². The van der Waals surface area contributed by atoms with Crippen LogP contribution in [0.25, 0.3) is 17.2 Å². The van der Waals surface area contributed by atoms with Crippen LogP contribution >= 0.6 is 0 Å². The summed E-state index contributed by atoms with van der Waals surface area (Å²) in [6.07, 6.45) is 11.0. The number of fused-ring (bicyclic) bond motifs is 2. The smallest absolute Gasteiger partial charge is 0.0513 e. The first kappa shape index (κ1) is 12.6. The third kappa shape index (κ3) is 1.90. The van der Waals surface area contributed by atoms with Crippen molar-refractivity contribution in [2.45, 2.75) is 38.5 Å². The minimum Gasteiger partial charge on any atom is -0.398 e. The van der Waals surface area contributed by atoms with Crippen molar-refractivity contribution in [2.24, 2.45) is 0 Å². The van der Waals surface area contributed by atoms with E-state index in [9.17, 15) is 0 Å². The minimum absolute atomic E-state index is 0.487. The van der Waals surface area contributed by atoms with Gasteiger partial charge in [0.25, 0.3) is 0 Å². The molecule has 1 unspecified atom stereocenters. The number of hydrogen-bond acceptors (Lipinski definition) is 2. The molecule has 2 aliphatic carbocycles. The van der Waals surface area contributed by atoms with Crippen LogP contribution in [0.15, 0.2) is 30.5 Å². The lowest BCUT2D eigenvalue weighted by atomic mass is 9.87. The van der Waals surface area contributed by atoms with Gasteiger partial charge in [-0.1, -0.05) is 31.2 Å². The molecule has 1 heterocycles. The van der Waals surface area contributed by atoms with E-state index in [4.69, 9.17) is 5.73 Å². The van der Waals surface area contributed by atoms with Crippen LogP contribution in [0.2, 0.25) is 0 Å². The van der Waals surface area contributed by atoms with Crippen LogP contribution < -0.4 is 5.73 Å². The van der Waals surface area contributed by atoms with Gasteiger partial charge in [0.05, 0.1) is 5.69 Å². The number of anilines is 1. The number of nitrogen functional groups attached to an aromatic ring is 1. The van der Waals surface area contributed by atoms with E-state index in [0.29, 0.717) is 5.92 Å². The van der Waals surface area contributed by atoms with Crippen molar-refractivity contribution in [2.75, 3.05) is 5.73 Å². The maximum Gasteiger partial charge on any atom is 0.0513 e. The van der Waals surface area contributed by atoms with Crippen LogP contribution in [0.5, 0.6) is 0 Å². The van der Waals surface area contributed by atoms with Gasteiger partial charge in [-0.05, 0) is 48.4 Å². The third-order valence-electron chi connectivity index (χ3n) is 4.88. The van der Waals surface area contributed by atoms with E-state index in [1.807, 2.05) is 6.20 Å². The van der Waals surface area contributed by atoms with Crippen molar-refractivity contribution < 1.29 is 0 Å². The van der Waals surface area contributed by atoms with Crippen molar-refractivity contribution >= 4 is 11.8 Å². The van der Waals surface area contributed by atoms with Crippen LogP contribution in [0.1, 0.15) is 48.1 Å². The Labute approximate surface area is 125 Å². The second-order valence-electron chi connectivity index (χ2n) is 6.21. The molecule has 0 saturated heterocycles. The molecule has 2 heteroatoms. The molecule has 21 heavy (non-hydrogen) atoms. The monoisotopic (exact) mass is 276 g/mol. The lowest BCUT2D eigenvalue weighted by Gasteiger charge is -2.20. The molecular formula is C19H20N2. The second-order valence-corrected chi connectivity index (χ2v) is 6.21. The molecule has 0 spiro atoms. The molecule has 2 aromatic rings. The zero-order valence-electron chi connectivity index (χ0n) is 12.4. The van der Waals surface area contributed by atoms with Gasteiger partial charge < -0.3 is 5.73 Å². The van der Waals surface area contributed by atoms with Crippen molar-refractivity contribution in [3.63, 3.8) is 0 Å². The zero-order valence-corrected chi connectivity index (χ0v) is 12.4. The summed E-state index contributed by atoms with van der Waals surface area (Å²) in [5, 5.41) is 0. The molecule has 2 N–H and O–H groups in total. The van der Waals surface area contributed by atoms with Crippen LogP contribution in [0, 0.1) is 0 Å². The maximum absolute atomic E-state index is 6.49. The van der Waals surface area contributed by atoms with Gasteiger partial charge >= 0.3 is 0 Å². The van der Waals surface area contributed by atoms with Crippen LogP contribution in [0.3, 0.4) is 0 Å². The van der Waals surface area contributed by atoms with Gasteiger partial charge in [0.2, 0.25) is 0 Å². The molecule has 1 aromatic carbocycles. The first-order valence-corrected chi connectivity index (χ1v) is 7.81. The highest BCUT2D eigenvalue weighted by Crippen LogP contribution is 2.40. The Morgan fingerprint density at radius 1 is 1.14 bits per heavy atom. The molecule has 4 rings (SSSR count). The van der Waals surface area contributed by atoms with Crippen LogP contribution in [0.4, 0.5) is 5.69 Å².